The van der Waals surface area contributed by atoms with Crippen LogP contribution in [0.3, 0.4) is 0 Å². The van der Waals surface area contributed by atoms with Crippen molar-refractivity contribution in [2.24, 2.45) is 5.92 Å². The summed E-state index contributed by atoms with van der Waals surface area (Å²) in [7, 11) is 1.61. The zero-order chi connectivity index (χ0) is 19.4. The Labute approximate surface area is 157 Å². The van der Waals surface area contributed by atoms with Gasteiger partial charge in [-0.2, -0.15) is 0 Å². The molecule has 2 amide bonds. The number of benzene rings is 1. The summed E-state index contributed by atoms with van der Waals surface area (Å²) in [5.74, 6) is -1.49. The minimum absolute atomic E-state index is 0.00519. The fraction of sp³-hybridized carbons (Fsp3) is 0.400. The highest BCUT2D eigenvalue weighted by molar-refractivity contribution is 5.89. The van der Waals surface area contributed by atoms with E-state index in [9.17, 15) is 14.4 Å². The van der Waals surface area contributed by atoms with Gasteiger partial charge < -0.3 is 14.9 Å². The number of rotatable bonds is 5. The Morgan fingerprint density at radius 3 is 2.59 bits per heavy atom. The van der Waals surface area contributed by atoms with Gasteiger partial charge in [-0.05, 0) is 24.5 Å². The van der Waals surface area contributed by atoms with Crippen LogP contribution in [0.4, 0.5) is 0 Å². The summed E-state index contributed by atoms with van der Waals surface area (Å²) < 4.78 is 0. The van der Waals surface area contributed by atoms with E-state index in [1.54, 1.807) is 18.1 Å². The first-order valence-electron chi connectivity index (χ1n) is 9.03. The van der Waals surface area contributed by atoms with E-state index < -0.39 is 5.97 Å². The van der Waals surface area contributed by atoms with Gasteiger partial charge in [0.15, 0.2) is 0 Å². The number of piperidine rings is 1. The summed E-state index contributed by atoms with van der Waals surface area (Å²) in [5.41, 5.74) is 1.63. The highest BCUT2D eigenvalue weighted by Crippen LogP contribution is 2.18. The molecule has 142 valence electrons. The molecule has 7 nitrogen and oxygen atoms in total. The van der Waals surface area contributed by atoms with Crippen molar-refractivity contribution in [2.45, 2.75) is 19.3 Å². The maximum Gasteiger partial charge on any atom is 0.306 e. The predicted octanol–water partition coefficient (Wildman–Crippen LogP) is 1.56. The predicted molar refractivity (Wildman–Crippen MR) is 100 cm³/mol. The van der Waals surface area contributed by atoms with Crippen LogP contribution in [0, 0.1) is 5.92 Å². The van der Waals surface area contributed by atoms with E-state index in [1.165, 1.54) is 4.90 Å². The molecule has 1 N–H and O–H groups in total. The molecule has 1 aromatic heterocycles. The van der Waals surface area contributed by atoms with Crippen LogP contribution in [-0.2, 0) is 20.8 Å². The van der Waals surface area contributed by atoms with Crippen LogP contribution < -0.4 is 0 Å². The Morgan fingerprint density at radius 1 is 1.19 bits per heavy atom. The second-order valence-electron chi connectivity index (χ2n) is 6.91. The average molecular weight is 369 g/mol. The molecule has 0 bridgehead atoms. The average Bonchev–Trinajstić information content (AvgIpc) is 2.68. The molecular formula is C20H23N3O4. The molecular weight excluding hydrogens is 346 g/mol. The third-order valence-electron chi connectivity index (χ3n) is 5.05. The minimum Gasteiger partial charge on any atom is -0.481 e. The van der Waals surface area contributed by atoms with Crippen LogP contribution >= 0.6 is 0 Å². The first kappa shape index (κ1) is 18.8. The van der Waals surface area contributed by atoms with Crippen molar-refractivity contribution in [3.05, 3.63) is 42.1 Å². The zero-order valence-electron chi connectivity index (χ0n) is 15.3. The molecule has 1 saturated heterocycles. The lowest BCUT2D eigenvalue weighted by molar-refractivity contribution is -0.146. The highest BCUT2D eigenvalue weighted by atomic mass is 16.4. The number of para-hydroxylation sites is 1. The van der Waals surface area contributed by atoms with E-state index in [1.807, 2.05) is 30.3 Å². The molecule has 1 aromatic carbocycles. The first-order valence-corrected chi connectivity index (χ1v) is 9.03. The largest absolute Gasteiger partial charge is 0.481 e. The van der Waals surface area contributed by atoms with Gasteiger partial charge in [0.2, 0.25) is 11.8 Å². The molecule has 2 heterocycles. The molecule has 1 fully saturated rings. The van der Waals surface area contributed by atoms with E-state index in [4.69, 9.17) is 5.11 Å². The molecule has 0 radical (unpaired) electrons. The maximum atomic E-state index is 12.6. The summed E-state index contributed by atoms with van der Waals surface area (Å²) in [6.45, 7) is 0.838. The number of amides is 2. The molecule has 1 aliphatic rings. The van der Waals surface area contributed by atoms with Crippen molar-refractivity contribution in [3.63, 3.8) is 0 Å². The summed E-state index contributed by atoms with van der Waals surface area (Å²) in [6, 6.07) is 9.52. The number of carboxylic acids is 1. The second kappa shape index (κ2) is 8.16. The number of likely N-dealkylation sites (tertiary alicyclic amines) is 1. The second-order valence-corrected chi connectivity index (χ2v) is 6.91. The lowest BCUT2D eigenvalue weighted by Gasteiger charge is -2.31. The minimum atomic E-state index is -0.807. The van der Waals surface area contributed by atoms with Crippen LogP contribution in [0.25, 0.3) is 10.9 Å². The molecule has 0 spiro atoms. The van der Waals surface area contributed by atoms with Gasteiger partial charge in [-0.1, -0.05) is 24.3 Å². The first-order chi connectivity index (χ1) is 13.0. The van der Waals surface area contributed by atoms with Crippen molar-refractivity contribution in [2.75, 3.05) is 26.7 Å². The molecule has 0 saturated carbocycles. The van der Waals surface area contributed by atoms with Gasteiger partial charge in [-0.3, -0.25) is 19.4 Å². The van der Waals surface area contributed by atoms with Gasteiger partial charge in [-0.25, -0.2) is 0 Å². The van der Waals surface area contributed by atoms with Crippen LogP contribution in [0.15, 0.2) is 36.5 Å². The van der Waals surface area contributed by atoms with Crippen molar-refractivity contribution in [1.29, 1.82) is 0 Å². The molecule has 3 rings (SSSR count). The van der Waals surface area contributed by atoms with Gasteiger partial charge >= 0.3 is 5.97 Å². The molecule has 0 aliphatic carbocycles. The summed E-state index contributed by atoms with van der Waals surface area (Å²) >= 11 is 0. The Balaban J connectivity index is 1.57. The monoisotopic (exact) mass is 369 g/mol. The van der Waals surface area contributed by atoms with Crippen molar-refractivity contribution < 1.29 is 19.5 Å². The number of carbonyl (C=O) groups excluding carboxylic acids is 2. The Kier molecular flexibility index (Phi) is 5.69. The van der Waals surface area contributed by atoms with E-state index in [-0.39, 0.29) is 30.7 Å². The van der Waals surface area contributed by atoms with E-state index in [0.29, 0.717) is 25.9 Å². The van der Waals surface area contributed by atoms with Crippen LogP contribution in [0.1, 0.15) is 18.4 Å². The Bertz CT molecular complexity index is 854. The number of aromatic nitrogens is 1. The number of aliphatic carboxylic acids is 1. The Hall–Kier alpha value is -2.96. The van der Waals surface area contributed by atoms with Crippen LogP contribution in [0.5, 0.6) is 0 Å². The summed E-state index contributed by atoms with van der Waals surface area (Å²) in [6.07, 6.45) is 2.80. The Morgan fingerprint density at radius 2 is 1.89 bits per heavy atom. The number of carboxylic acid groups (broad SMARTS) is 1. The van der Waals surface area contributed by atoms with Crippen molar-refractivity contribution >= 4 is 28.7 Å². The number of hydrogen-bond acceptors (Lipinski definition) is 4. The third-order valence-corrected chi connectivity index (χ3v) is 5.05. The lowest BCUT2D eigenvalue weighted by Crippen LogP contribution is -2.45. The summed E-state index contributed by atoms with van der Waals surface area (Å²) in [5, 5.41) is 10.0. The smallest absolute Gasteiger partial charge is 0.306 e. The van der Waals surface area contributed by atoms with Gasteiger partial charge in [0.1, 0.15) is 0 Å². The number of fused-ring (bicyclic) bond motifs is 1. The summed E-state index contributed by atoms with van der Waals surface area (Å²) in [4.78, 5) is 43.4. The van der Waals surface area contributed by atoms with Crippen LogP contribution in [-0.4, -0.2) is 64.4 Å². The quantitative estimate of drug-likeness (QED) is 0.864. The topological polar surface area (TPSA) is 90.8 Å². The SMILES string of the molecule is CN(CC(=O)N1CCC(C(=O)O)CC1)C(=O)Cc1cccc2cccnc12. The van der Waals surface area contributed by atoms with Gasteiger partial charge in [0.25, 0.3) is 0 Å². The molecule has 1 aliphatic heterocycles. The van der Waals surface area contributed by atoms with Gasteiger partial charge in [-0.15, -0.1) is 0 Å². The third kappa shape index (κ3) is 4.42. The zero-order valence-corrected chi connectivity index (χ0v) is 15.3. The number of carbonyl (C=O) groups is 3. The molecule has 27 heavy (non-hydrogen) atoms. The van der Waals surface area contributed by atoms with E-state index in [0.717, 1.165) is 16.5 Å². The van der Waals surface area contributed by atoms with Gasteiger partial charge in [0.05, 0.1) is 24.4 Å². The van der Waals surface area contributed by atoms with Crippen molar-refractivity contribution in [3.8, 4) is 0 Å². The fourth-order valence-electron chi connectivity index (χ4n) is 3.37. The standard InChI is InChI=1S/C20H23N3O4/c1-22(13-18(25)23-10-7-15(8-11-23)20(26)27)17(24)12-16-5-2-4-14-6-3-9-21-19(14)16/h2-6,9,15H,7-8,10-13H2,1H3,(H,26,27). The lowest BCUT2D eigenvalue weighted by atomic mass is 9.97. The van der Waals surface area contributed by atoms with Gasteiger partial charge in [0, 0.05) is 31.7 Å². The number of hydrogen-bond donors (Lipinski definition) is 1. The van der Waals surface area contributed by atoms with Crippen molar-refractivity contribution in [1.82, 2.24) is 14.8 Å². The molecule has 0 unspecified atom stereocenters. The number of pyridine rings is 1. The molecule has 7 heteroatoms. The molecule has 2 aromatic rings. The number of nitrogens with zero attached hydrogens (tertiary/aromatic N) is 3. The molecule has 0 atom stereocenters. The maximum absolute atomic E-state index is 12.6. The highest BCUT2D eigenvalue weighted by Gasteiger charge is 2.27. The normalized spacial score (nSPS) is 14.9. The van der Waals surface area contributed by atoms with Crippen LogP contribution in [0.2, 0.25) is 0 Å². The fourth-order valence-corrected chi connectivity index (χ4v) is 3.37. The van der Waals surface area contributed by atoms with E-state index >= 15 is 0 Å². The van der Waals surface area contributed by atoms with E-state index in [2.05, 4.69) is 4.98 Å². The number of likely N-dealkylation sites (N-methyl/N-ethyl adjacent to an activating group) is 1.